The fraction of sp³-hybridized carbons (Fsp3) is 0.462. The molecule has 3 N–H and O–H groups in total. The molecule has 3 aromatic heterocycles. The fourth-order valence-electron chi connectivity index (χ4n) is 4.22. The number of benzene rings is 1. The first-order chi connectivity index (χ1) is 19.1. The highest BCUT2D eigenvalue weighted by Crippen LogP contribution is 2.23. The molecular formula is C26H35N9O4. The zero-order chi connectivity index (χ0) is 27.5. The summed E-state index contributed by atoms with van der Waals surface area (Å²) in [5.41, 5.74) is 4.44. The van der Waals surface area contributed by atoms with Crippen molar-refractivity contribution in [3.8, 4) is 16.8 Å². The summed E-state index contributed by atoms with van der Waals surface area (Å²) in [6.45, 7) is 4.89. The number of anilines is 1. The van der Waals surface area contributed by atoms with Gasteiger partial charge in [-0.15, -0.1) is 5.10 Å². The first kappa shape index (κ1) is 27.9. The lowest BCUT2D eigenvalue weighted by Crippen LogP contribution is -2.24. The predicted molar refractivity (Wildman–Crippen MR) is 146 cm³/mol. The summed E-state index contributed by atoms with van der Waals surface area (Å²) >= 11 is 0. The Labute approximate surface area is 226 Å². The number of fused-ring (bicyclic) bond motifs is 1. The maximum Gasteiger partial charge on any atom is 0.404 e. The summed E-state index contributed by atoms with van der Waals surface area (Å²) in [6, 6.07) is 8.62. The Hall–Kier alpha value is -4.10. The number of aromatic nitrogens is 7. The van der Waals surface area contributed by atoms with Crippen LogP contribution in [0.1, 0.15) is 32.6 Å². The van der Waals surface area contributed by atoms with Crippen LogP contribution in [0.4, 0.5) is 10.7 Å². The van der Waals surface area contributed by atoms with Crippen molar-refractivity contribution in [2.45, 2.75) is 45.2 Å². The molecule has 0 saturated heterocycles. The van der Waals surface area contributed by atoms with Gasteiger partial charge in [0.25, 0.3) is 0 Å². The first-order valence-electron chi connectivity index (χ1n) is 13.1. The van der Waals surface area contributed by atoms with E-state index in [0.29, 0.717) is 42.9 Å². The molecule has 1 saturated carbocycles. The zero-order valence-electron chi connectivity index (χ0n) is 22.3. The highest BCUT2D eigenvalue weighted by atomic mass is 16.5. The number of hydrogen-bond donors (Lipinski definition) is 3. The molecule has 0 bridgehead atoms. The molecular weight excluding hydrogens is 502 g/mol. The number of ether oxygens (including phenoxy) is 2. The summed E-state index contributed by atoms with van der Waals surface area (Å²) in [5.74, 6) is 0.638. The fourth-order valence-corrected chi connectivity index (χ4v) is 4.22. The summed E-state index contributed by atoms with van der Waals surface area (Å²) < 4.78 is 13.6. The highest BCUT2D eigenvalue weighted by molar-refractivity contribution is 5.72. The van der Waals surface area contributed by atoms with Crippen molar-refractivity contribution in [3.05, 3.63) is 42.9 Å². The van der Waals surface area contributed by atoms with Gasteiger partial charge in [0.15, 0.2) is 11.2 Å². The molecule has 0 aliphatic heterocycles. The minimum Gasteiger partial charge on any atom is -0.465 e. The third-order valence-electron chi connectivity index (χ3n) is 6.21. The maximum atomic E-state index is 9.71. The van der Waals surface area contributed by atoms with E-state index in [1.807, 2.05) is 36.1 Å². The Morgan fingerprint density at radius 1 is 1.13 bits per heavy atom. The van der Waals surface area contributed by atoms with Gasteiger partial charge < -0.3 is 25.2 Å². The van der Waals surface area contributed by atoms with Crippen molar-refractivity contribution in [1.29, 1.82) is 0 Å². The van der Waals surface area contributed by atoms with Crippen molar-refractivity contribution in [2.24, 2.45) is 0 Å². The maximum absolute atomic E-state index is 9.71. The first-order valence-corrected chi connectivity index (χ1v) is 13.1. The standard InChI is InChI=1S/C22H26N8O.C4H9NO3/c1-2-31-12-11-29-15-17(13-24-29)16-7-9-19(10-8-16)30-21-20(27-28-30)14-23-22(26-21)25-18-5-3-4-6-18;1-8-3-2-5-4(6)7/h7-10,13-15,18H,2-6,11-12H2,1H3,(H,23,25,26);5H,2-3H2,1H3,(H,6,7). The second kappa shape index (κ2) is 14.2. The van der Waals surface area contributed by atoms with E-state index in [2.05, 4.69) is 52.9 Å². The molecule has 13 heteroatoms. The third-order valence-corrected chi connectivity index (χ3v) is 6.21. The highest BCUT2D eigenvalue weighted by Gasteiger charge is 2.17. The van der Waals surface area contributed by atoms with Gasteiger partial charge in [-0.2, -0.15) is 14.8 Å². The lowest BCUT2D eigenvalue weighted by molar-refractivity contribution is 0.136. The third kappa shape index (κ3) is 7.94. The lowest BCUT2D eigenvalue weighted by Gasteiger charge is -2.11. The van der Waals surface area contributed by atoms with E-state index in [0.717, 1.165) is 30.0 Å². The molecule has 1 amide bonds. The van der Waals surface area contributed by atoms with Gasteiger partial charge in [0.05, 0.1) is 37.8 Å². The lowest BCUT2D eigenvalue weighted by atomic mass is 10.1. The number of carbonyl (C=O) groups is 1. The van der Waals surface area contributed by atoms with Crippen molar-refractivity contribution in [1.82, 2.24) is 40.1 Å². The van der Waals surface area contributed by atoms with Crippen molar-refractivity contribution >= 4 is 23.2 Å². The van der Waals surface area contributed by atoms with Crippen LogP contribution in [0.3, 0.4) is 0 Å². The zero-order valence-corrected chi connectivity index (χ0v) is 22.3. The van der Waals surface area contributed by atoms with Crippen LogP contribution in [0.15, 0.2) is 42.9 Å². The number of carboxylic acid groups (broad SMARTS) is 1. The van der Waals surface area contributed by atoms with E-state index >= 15 is 0 Å². The molecule has 0 radical (unpaired) electrons. The number of nitrogens with one attached hydrogen (secondary N) is 2. The van der Waals surface area contributed by atoms with E-state index in [9.17, 15) is 4.79 Å². The van der Waals surface area contributed by atoms with Crippen LogP contribution in [-0.2, 0) is 16.0 Å². The topological polar surface area (TPSA) is 154 Å². The van der Waals surface area contributed by atoms with E-state index < -0.39 is 6.09 Å². The van der Waals surface area contributed by atoms with Crippen LogP contribution in [0.5, 0.6) is 0 Å². The minimum absolute atomic E-state index is 0.353. The van der Waals surface area contributed by atoms with Crippen LogP contribution in [0.2, 0.25) is 0 Å². The van der Waals surface area contributed by atoms with E-state index in [1.165, 1.54) is 32.8 Å². The van der Waals surface area contributed by atoms with Gasteiger partial charge in [-0.3, -0.25) is 4.68 Å². The molecule has 0 atom stereocenters. The summed E-state index contributed by atoms with van der Waals surface area (Å²) in [6.07, 6.45) is 9.49. The number of nitrogens with zero attached hydrogens (tertiary/aromatic N) is 7. The Morgan fingerprint density at radius 2 is 1.92 bits per heavy atom. The van der Waals surface area contributed by atoms with Crippen LogP contribution in [-0.4, -0.2) is 85.5 Å². The predicted octanol–water partition coefficient (Wildman–Crippen LogP) is 3.37. The van der Waals surface area contributed by atoms with Crippen LogP contribution < -0.4 is 10.6 Å². The molecule has 0 unspecified atom stereocenters. The second-order valence-corrected chi connectivity index (χ2v) is 8.99. The quantitative estimate of drug-likeness (QED) is 0.243. The molecule has 39 heavy (non-hydrogen) atoms. The summed E-state index contributed by atoms with van der Waals surface area (Å²) in [7, 11) is 1.52. The molecule has 4 aromatic rings. The normalized spacial score (nSPS) is 13.3. The van der Waals surface area contributed by atoms with E-state index in [-0.39, 0.29) is 0 Å². The monoisotopic (exact) mass is 537 g/mol. The summed E-state index contributed by atoms with van der Waals surface area (Å²) in [4.78, 5) is 18.8. The van der Waals surface area contributed by atoms with Gasteiger partial charge in [-0.05, 0) is 37.5 Å². The van der Waals surface area contributed by atoms with Gasteiger partial charge in [-0.25, -0.2) is 9.78 Å². The van der Waals surface area contributed by atoms with Gasteiger partial charge in [-0.1, -0.05) is 30.2 Å². The molecule has 3 heterocycles. The number of rotatable bonds is 11. The molecule has 13 nitrogen and oxygen atoms in total. The van der Waals surface area contributed by atoms with Crippen LogP contribution in [0, 0.1) is 0 Å². The van der Waals surface area contributed by atoms with Crippen molar-refractivity contribution in [3.63, 3.8) is 0 Å². The van der Waals surface area contributed by atoms with E-state index in [4.69, 9.17) is 9.84 Å². The van der Waals surface area contributed by atoms with Crippen LogP contribution in [0.25, 0.3) is 28.0 Å². The Morgan fingerprint density at radius 3 is 2.64 bits per heavy atom. The van der Waals surface area contributed by atoms with Gasteiger partial charge in [0, 0.05) is 38.1 Å². The van der Waals surface area contributed by atoms with E-state index in [1.54, 1.807) is 10.9 Å². The molecule has 5 rings (SSSR count). The molecule has 1 aromatic carbocycles. The average molecular weight is 538 g/mol. The number of hydrogen-bond acceptors (Lipinski definition) is 9. The number of methoxy groups -OCH3 is 1. The Bertz CT molecular complexity index is 1320. The van der Waals surface area contributed by atoms with Crippen molar-refractivity contribution < 1.29 is 19.4 Å². The second-order valence-electron chi connectivity index (χ2n) is 8.99. The number of amides is 1. The SMILES string of the molecule is CCOCCn1cc(-c2ccc(-n3nnc4cnc(NC5CCCC5)nc43)cc2)cn1.COCCNC(=O)O. The van der Waals surface area contributed by atoms with Gasteiger partial charge >= 0.3 is 6.09 Å². The molecule has 0 spiro atoms. The minimum atomic E-state index is -1.01. The smallest absolute Gasteiger partial charge is 0.404 e. The Kier molecular flexibility index (Phi) is 10.1. The summed E-state index contributed by atoms with van der Waals surface area (Å²) in [5, 5.41) is 26.5. The molecule has 1 fully saturated rings. The van der Waals surface area contributed by atoms with Crippen molar-refractivity contribution in [2.75, 3.05) is 38.8 Å². The molecule has 208 valence electrons. The van der Waals surface area contributed by atoms with Gasteiger partial charge in [0.2, 0.25) is 5.95 Å². The molecule has 1 aliphatic carbocycles. The van der Waals surface area contributed by atoms with Crippen LogP contribution >= 0.6 is 0 Å². The Balaban J connectivity index is 0.000000386. The molecule has 1 aliphatic rings. The van der Waals surface area contributed by atoms with Gasteiger partial charge in [0.1, 0.15) is 0 Å². The average Bonchev–Trinajstić information content (AvgIpc) is 3.71. The largest absolute Gasteiger partial charge is 0.465 e.